The molecule has 1 aromatic carbocycles. The van der Waals surface area contributed by atoms with Gasteiger partial charge in [-0.05, 0) is 24.1 Å². The summed E-state index contributed by atoms with van der Waals surface area (Å²) in [6.45, 7) is 1.47. The van der Waals surface area contributed by atoms with E-state index in [1.165, 1.54) is 7.11 Å². The van der Waals surface area contributed by atoms with E-state index in [1.807, 2.05) is 24.3 Å². The van der Waals surface area contributed by atoms with E-state index < -0.39 is 0 Å². The first kappa shape index (κ1) is 13.4. The van der Waals surface area contributed by atoms with Gasteiger partial charge in [-0.25, -0.2) is 14.8 Å². The van der Waals surface area contributed by atoms with E-state index in [0.717, 1.165) is 36.3 Å². The number of hydrogen-bond acceptors (Lipinski definition) is 4. The number of hydrogen-bond donors (Lipinski definition) is 1. The van der Waals surface area contributed by atoms with E-state index in [-0.39, 0.29) is 6.03 Å². The van der Waals surface area contributed by atoms with Crippen LogP contribution in [0.25, 0.3) is 11.1 Å². The van der Waals surface area contributed by atoms with Crippen LogP contribution in [-0.4, -0.2) is 36.2 Å². The Kier molecular flexibility index (Phi) is 3.68. The average Bonchev–Trinajstić information content (AvgIpc) is 2.55. The van der Waals surface area contributed by atoms with Gasteiger partial charge in [0.1, 0.15) is 0 Å². The van der Waals surface area contributed by atoms with E-state index in [0.29, 0.717) is 6.01 Å². The van der Waals surface area contributed by atoms with Crippen molar-refractivity contribution in [1.82, 2.24) is 15.3 Å². The Bertz CT molecular complexity index is 642. The number of amides is 2. The number of nitrogens with one attached hydrogen (secondary N) is 1. The molecule has 1 aliphatic rings. The summed E-state index contributed by atoms with van der Waals surface area (Å²) in [4.78, 5) is 21.9. The second-order valence-electron chi connectivity index (χ2n) is 4.75. The predicted octanol–water partition coefficient (Wildman–Crippen LogP) is 2.07. The largest absolute Gasteiger partial charge is 0.467 e. The van der Waals surface area contributed by atoms with Crippen molar-refractivity contribution in [3.63, 3.8) is 0 Å². The molecule has 108 valence electrons. The van der Waals surface area contributed by atoms with Crippen molar-refractivity contribution in [2.24, 2.45) is 0 Å². The van der Waals surface area contributed by atoms with Crippen LogP contribution >= 0.6 is 0 Å². The standard InChI is InChI=1S/C15H16N4O2/c1-21-14-17-9-12(10-18-14)11-4-2-5-13(8-11)19-7-3-6-16-15(19)20/h2,4-5,8-10H,3,6-7H2,1H3,(H,16,20). The monoisotopic (exact) mass is 284 g/mol. The number of aromatic nitrogens is 2. The lowest BCUT2D eigenvalue weighted by Crippen LogP contribution is -2.46. The minimum atomic E-state index is -0.0515. The third-order valence-corrected chi connectivity index (χ3v) is 3.38. The van der Waals surface area contributed by atoms with Gasteiger partial charge in [-0.3, -0.25) is 4.90 Å². The fourth-order valence-corrected chi connectivity index (χ4v) is 2.30. The Morgan fingerprint density at radius 1 is 1.24 bits per heavy atom. The second kappa shape index (κ2) is 5.78. The van der Waals surface area contributed by atoms with Crippen LogP contribution < -0.4 is 15.0 Å². The van der Waals surface area contributed by atoms with Gasteiger partial charge in [0.15, 0.2) is 0 Å². The minimum Gasteiger partial charge on any atom is -0.467 e. The van der Waals surface area contributed by atoms with Crippen LogP contribution in [-0.2, 0) is 0 Å². The Labute approximate surface area is 122 Å². The Hall–Kier alpha value is -2.63. The maximum Gasteiger partial charge on any atom is 0.321 e. The van der Waals surface area contributed by atoms with Crippen molar-refractivity contribution in [2.45, 2.75) is 6.42 Å². The molecule has 6 heteroatoms. The molecule has 1 aromatic heterocycles. The first-order valence-corrected chi connectivity index (χ1v) is 6.80. The average molecular weight is 284 g/mol. The molecule has 0 bridgehead atoms. The van der Waals surface area contributed by atoms with Crippen LogP contribution in [0.4, 0.5) is 10.5 Å². The van der Waals surface area contributed by atoms with E-state index in [1.54, 1.807) is 17.3 Å². The molecule has 0 aliphatic carbocycles. The van der Waals surface area contributed by atoms with E-state index >= 15 is 0 Å². The molecule has 3 rings (SSSR count). The van der Waals surface area contributed by atoms with Crippen molar-refractivity contribution in [3.8, 4) is 17.1 Å². The summed E-state index contributed by atoms with van der Waals surface area (Å²) in [6.07, 6.45) is 4.37. The van der Waals surface area contributed by atoms with Crippen molar-refractivity contribution >= 4 is 11.7 Å². The molecule has 1 aliphatic heterocycles. The van der Waals surface area contributed by atoms with Crippen LogP contribution in [0, 0.1) is 0 Å². The molecule has 2 heterocycles. The molecular weight excluding hydrogens is 268 g/mol. The van der Waals surface area contributed by atoms with Gasteiger partial charge < -0.3 is 10.1 Å². The maximum absolute atomic E-state index is 11.9. The summed E-state index contributed by atoms with van der Waals surface area (Å²) in [5.74, 6) is 0. The Balaban J connectivity index is 1.90. The van der Waals surface area contributed by atoms with Gasteiger partial charge in [0.2, 0.25) is 0 Å². The third-order valence-electron chi connectivity index (χ3n) is 3.38. The number of urea groups is 1. The molecule has 1 saturated heterocycles. The molecule has 0 radical (unpaired) electrons. The molecule has 2 aromatic rings. The highest BCUT2D eigenvalue weighted by Gasteiger charge is 2.19. The van der Waals surface area contributed by atoms with E-state index in [9.17, 15) is 4.79 Å². The second-order valence-corrected chi connectivity index (χ2v) is 4.75. The fraction of sp³-hybridized carbons (Fsp3) is 0.267. The van der Waals surface area contributed by atoms with Crippen molar-refractivity contribution in [3.05, 3.63) is 36.7 Å². The topological polar surface area (TPSA) is 67.3 Å². The smallest absolute Gasteiger partial charge is 0.321 e. The van der Waals surface area contributed by atoms with E-state index in [2.05, 4.69) is 15.3 Å². The Morgan fingerprint density at radius 3 is 2.76 bits per heavy atom. The van der Waals surface area contributed by atoms with Crippen LogP contribution in [0.2, 0.25) is 0 Å². The number of benzene rings is 1. The SMILES string of the molecule is COc1ncc(-c2cccc(N3CCCNC3=O)c2)cn1. The van der Waals surface area contributed by atoms with E-state index in [4.69, 9.17) is 4.74 Å². The van der Waals surface area contributed by atoms with Crippen LogP contribution in [0.5, 0.6) is 6.01 Å². The number of anilines is 1. The molecule has 0 atom stereocenters. The summed E-state index contributed by atoms with van der Waals surface area (Å²) in [7, 11) is 1.53. The zero-order valence-corrected chi connectivity index (χ0v) is 11.7. The van der Waals surface area contributed by atoms with Gasteiger partial charge in [-0.2, -0.15) is 0 Å². The predicted molar refractivity (Wildman–Crippen MR) is 79.4 cm³/mol. The Morgan fingerprint density at radius 2 is 2.05 bits per heavy atom. The highest BCUT2D eigenvalue weighted by molar-refractivity contribution is 5.93. The molecule has 0 saturated carbocycles. The molecule has 2 amide bonds. The van der Waals surface area contributed by atoms with Gasteiger partial charge in [0, 0.05) is 36.7 Å². The minimum absolute atomic E-state index is 0.0515. The molecule has 1 fully saturated rings. The van der Waals surface area contributed by atoms with Gasteiger partial charge in [0.25, 0.3) is 0 Å². The maximum atomic E-state index is 11.9. The molecule has 21 heavy (non-hydrogen) atoms. The lowest BCUT2D eigenvalue weighted by Gasteiger charge is -2.27. The van der Waals surface area contributed by atoms with Crippen molar-refractivity contribution in [1.29, 1.82) is 0 Å². The number of carbonyl (C=O) groups is 1. The highest BCUT2D eigenvalue weighted by atomic mass is 16.5. The molecule has 0 spiro atoms. The quantitative estimate of drug-likeness (QED) is 0.937. The lowest BCUT2D eigenvalue weighted by molar-refractivity contribution is 0.243. The van der Waals surface area contributed by atoms with Gasteiger partial charge in [-0.15, -0.1) is 0 Å². The van der Waals surface area contributed by atoms with Gasteiger partial charge in [-0.1, -0.05) is 12.1 Å². The number of carbonyl (C=O) groups excluding carboxylic acids is 1. The molecule has 0 unspecified atom stereocenters. The summed E-state index contributed by atoms with van der Waals surface area (Å²) < 4.78 is 4.95. The van der Waals surface area contributed by atoms with Crippen LogP contribution in [0.15, 0.2) is 36.7 Å². The normalized spacial score (nSPS) is 14.7. The zero-order valence-electron chi connectivity index (χ0n) is 11.7. The molecule has 1 N–H and O–H groups in total. The molecular formula is C15H16N4O2. The molecule has 6 nitrogen and oxygen atoms in total. The van der Waals surface area contributed by atoms with Crippen LogP contribution in [0.3, 0.4) is 0 Å². The summed E-state index contributed by atoms with van der Waals surface area (Å²) in [5, 5.41) is 2.85. The summed E-state index contributed by atoms with van der Waals surface area (Å²) >= 11 is 0. The van der Waals surface area contributed by atoms with Gasteiger partial charge >= 0.3 is 12.0 Å². The van der Waals surface area contributed by atoms with Crippen molar-refractivity contribution in [2.75, 3.05) is 25.1 Å². The van der Waals surface area contributed by atoms with Gasteiger partial charge in [0.05, 0.1) is 7.11 Å². The zero-order chi connectivity index (χ0) is 14.7. The summed E-state index contributed by atoms with van der Waals surface area (Å²) in [5.41, 5.74) is 2.73. The highest BCUT2D eigenvalue weighted by Crippen LogP contribution is 2.25. The first-order chi connectivity index (χ1) is 10.3. The third kappa shape index (κ3) is 2.79. The number of ether oxygens (including phenoxy) is 1. The number of methoxy groups -OCH3 is 1. The van der Waals surface area contributed by atoms with Crippen molar-refractivity contribution < 1.29 is 9.53 Å². The number of rotatable bonds is 3. The van der Waals surface area contributed by atoms with Crippen LogP contribution in [0.1, 0.15) is 6.42 Å². The summed E-state index contributed by atoms with van der Waals surface area (Å²) in [6, 6.07) is 8.08. The number of nitrogens with zero attached hydrogens (tertiary/aromatic N) is 3. The fourth-order valence-electron chi connectivity index (χ4n) is 2.30. The first-order valence-electron chi connectivity index (χ1n) is 6.80. The lowest BCUT2D eigenvalue weighted by atomic mass is 10.1.